The monoisotopic (exact) mass is 429 g/mol. The van der Waals surface area contributed by atoms with Gasteiger partial charge in [0.25, 0.3) is 0 Å². The van der Waals surface area contributed by atoms with Crippen molar-refractivity contribution in [3.05, 3.63) is 78.0 Å². The van der Waals surface area contributed by atoms with Gasteiger partial charge in [-0.2, -0.15) is 0 Å². The fourth-order valence-electron chi connectivity index (χ4n) is 4.13. The molecule has 3 aromatic rings. The average Bonchev–Trinajstić information content (AvgIpc) is 3.33. The molecule has 1 fully saturated rings. The van der Waals surface area contributed by atoms with E-state index in [1.165, 1.54) is 5.56 Å². The number of hydrogen-bond donors (Lipinski definition) is 2. The second kappa shape index (κ2) is 10.3. The molecule has 1 saturated heterocycles. The van der Waals surface area contributed by atoms with E-state index in [0.717, 1.165) is 60.7 Å². The summed E-state index contributed by atoms with van der Waals surface area (Å²) < 4.78 is 0. The molecule has 2 amide bonds. The number of amides is 2. The third-order valence-electron chi connectivity index (χ3n) is 5.66. The Bertz CT molecular complexity index is 1040. The van der Waals surface area contributed by atoms with Crippen LogP contribution in [0, 0.1) is 0 Å². The first kappa shape index (κ1) is 21.8. The van der Waals surface area contributed by atoms with E-state index >= 15 is 0 Å². The van der Waals surface area contributed by atoms with Gasteiger partial charge < -0.3 is 20.4 Å². The van der Waals surface area contributed by atoms with Crippen molar-refractivity contribution in [3.8, 4) is 11.1 Å². The van der Waals surface area contributed by atoms with Crippen molar-refractivity contribution in [2.24, 2.45) is 0 Å². The van der Waals surface area contributed by atoms with Crippen LogP contribution in [0.5, 0.6) is 0 Å². The van der Waals surface area contributed by atoms with Crippen LogP contribution in [-0.2, 0) is 13.1 Å². The van der Waals surface area contributed by atoms with E-state index in [4.69, 9.17) is 0 Å². The summed E-state index contributed by atoms with van der Waals surface area (Å²) in [6, 6.07) is 20.3. The Labute approximate surface area is 190 Å². The normalized spacial score (nSPS) is 13.4. The van der Waals surface area contributed by atoms with Crippen molar-refractivity contribution < 1.29 is 4.79 Å². The van der Waals surface area contributed by atoms with Crippen molar-refractivity contribution in [2.75, 3.05) is 37.4 Å². The first-order chi connectivity index (χ1) is 15.6. The molecule has 2 N–H and O–H groups in total. The highest BCUT2D eigenvalue weighted by Gasteiger charge is 2.18. The predicted octanol–water partition coefficient (Wildman–Crippen LogP) is 4.73. The number of urea groups is 1. The number of nitrogens with zero attached hydrogens (tertiary/aromatic N) is 3. The Kier molecular flexibility index (Phi) is 7.02. The van der Waals surface area contributed by atoms with E-state index in [-0.39, 0.29) is 6.03 Å². The Morgan fingerprint density at radius 1 is 1.00 bits per heavy atom. The zero-order valence-electron chi connectivity index (χ0n) is 18.8. The summed E-state index contributed by atoms with van der Waals surface area (Å²) in [6.07, 6.45) is 4.10. The second-order valence-electron chi connectivity index (χ2n) is 8.47. The van der Waals surface area contributed by atoms with Crippen LogP contribution < -0.4 is 15.5 Å². The first-order valence-electron chi connectivity index (χ1n) is 11.2. The molecule has 6 heteroatoms. The van der Waals surface area contributed by atoms with E-state index in [0.29, 0.717) is 6.54 Å². The van der Waals surface area contributed by atoms with Crippen LogP contribution in [0.2, 0.25) is 0 Å². The van der Waals surface area contributed by atoms with Crippen LogP contribution in [-0.4, -0.2) is 43.1 Å². The number of pyridine rings is 1. The summed E-state index contributed by atoms with van der Waals surface area (Å²) in [4.78, 5) is 21.5. The lowest BCUT2D eigenvalue weighted by Crippen LogP contribution is -2.30. The fourth-order valence-corrected chi connectivity index (χ4v) is 4.13. The Morgan fingerprint density at radius 2 is 1.75 bits per heavy atom. The van der Waals surface area contributed by atoms with Crippen molar-refractivity contribution in [1.82, 2.24) is 15.2 Å². The number of rotatable bonds is 7. The third-order valence-corrected chi connectivity index (χ3v) is 5.66. The van der Waals surface area contributed by atoms with Crippen LogP contribution in [0.4, 0.5) is 16.3 Å². The van der Waals surface area contributed by atoms with Crippen molar-refractivity contribution >= 4 is 17.5 Å². The molecule has 4 rings (SSSR count). The van der Waals surface area contributed by atoms with Gasteiger partial charge in [-0.05, 0) is 61.3 Å². The summed E-state index contributed by atoms with van der Waals surface area (Å²) in [5, 5.41) is 5.99. The number of carbonyl (C=O) groups excluding carboxylic acids is 1. The summed E-state index contributed by atoms with van der Waals surface area (Å²) in [5.41, 5.74) is 5.38. The highest BCUT2D eigenvalue weighted by Crippen LogP contribution is 2.27. The zero-order valence-corrected chi connectivity index (χ0v) is 18.8. The zero-order chi connectivity index (χ0) is 22.3. The van der Waals surface area contributed by atoms with E-state index in [2.05, 4.69) is 75.9 Å². The second-order valence-corrected chi connectivity index (χ2v) is 8.47. The number of hydrogen-bond acceptors (Lipinski definition) is 4. The van der Waals surface area contributed by atoms with Crippen LogP contribution in [0.25, 0.3) is 11.1 Å². The van der Waals surface area contributed by atoms with Crippen LogP contribution >= 0.6 is 0 Å². The molecule has 2 heterocycles. The number of aromatic nitrogens is 1. The molecular formula is C26H31N5O. The summed E-state index contributed by atoms with van der Waals surface area (Å²) in [5.74, 6) is 0.846. The molecule has 0 radical (unpaired) electrons. The van der Waals surface area contributed by atoms with Gasteiger partial charge in [-0.25, -0.2) is 9.78 Å². The molecular weight excluding hydrogens is 398 g/mol. The lowest BCUT2D eigenvalue weighted by molar-refractivity contribution is 0.252. The third kappa shape index (κ3) is 5.45. The van der Waals surface area contributed by atoms with E-state index in [1.807, 2.05) is 24.3 Å². The standard InChI is InChI=1S/C26H31N5O/c1-30(2)19-20-11-13-21(14-12-20)23-9-4-3-8-22(23)18-28-26(32)29-24-10-7-15-27-25(24)31-16-5-6-17-31/h3-4,7-15H,5-6,16-19H2,1-2H3,(H2,28,29,32). The number of nitrogens with one attached hydrogen (secondary N) is 2. The molecule has 0 saturated carbocycles. The van der Waals surface area contributed by atoms with Crippen molar-refractivity contribution in [3.63, 3.8) is 0 Å². The first-order valence-corrected chi connectivity index (χ1v) is 11.2. The smallest absolute Gasteiger partial charge is 0.319 e. The molecule has 0 unspecified atom stereocenters. The quantitative estimate of drug-likeness (QED) is 0.570. The van der Waals surface area contributed by atoms with Crippen LogP contribution in [0.15, 0.2) is 66.9 Å². The van der Waals surface area contributed by atoms with E-state index in [1.54, 1.807) is 6.20 Å². The molecule has 1 aliphatic rings. The Balaban J connectivity index is 1.42. The molecule has 6 nitrogen and oxygen atoms in total. The maximum Gasteiger partial charge on any atom is 0.319 e. The topological polar surface area (TPSA) is 60.5 Å². The van der Waals surface area contributed by atoms with Gasteiger partial charge in [0.2, 0.25) is 0 Å². The van der Waals surface area contributed by atoms with Gasteiger partial charge in [-0.1, -0.05) is 48.5 Å². The molecule has 0 spiro atoms. The summed E-state index contributed by atoms with van der Waals surface area (Å²) >= 11 is 0. The lowest BCUT2D eigenvalue weighted by atomic mass is 9.98. The molecule has 2 aromatic carbocycles. The highest BCUT2D eigenvalue weighted by molar-refractivity contribution is 5.92. The van der Waals surface area contributed by atoms with Gasteiger partial charge >= 0.3 is 6.03 Å². The van der Waals surface area contributed by atoms with Crippen molar-refractivity contribution in [2.45, 2.75) is 25.9 Å². The van der Waals surface area contributed by atoms with Gasteiger partial charge in [-0.15, -0.1) is 0 Å². The molecule has 1 aromatic heterocycles. The van der Waals surface area contributed by atoms with Gasteiger partial charge in [0.05, 0.1) is 5.69 Å². The van der Waals surface area contributed by atoms with Gasteiger partial charge in [0.1, 0.15) is 0 Å². The largest absolute Gasteiger partial charge is 0.355 e. The van der Waals surface area contributed by atoms with Crippen molar-refractivity contribution in [1.29, 1.82) is 0 Å². The number of benzene rings is 2. The summed E-state index contributed by atoms with van der Waals surface area (Å²) in [6.45, 7) is 3.32. The Morgan fingerprint density at radius 3 is 2.50 bits per heavy atom. The molecule has 32 heavy (non-hydrogen) atoms. The van der Waals surface area contributed by atoms with Gasteiger partial charge in [0, 0.05) is 32.4 Å². The average molecular weight is 430 g/mol. The fraction of sp³-hybridized carbons (Fsp3) is 0.308. The highest BCUT2D eigenvalue weighted by atomic mass is 16.2. The van der Waals surface area contributed by atoms with E-state index in [9.17, 15) is 4.79 Å². The van der Waals surface area contributed by atoms with Gasteiger partial charge in [-0.3, -0.25) is 0 Å². The van der Waals surface area contributed by atoms with E-state index < -0.39 is 0 Å². The number of carbonyl (C=O) groups is 1. The minimum atomic E-state index is -0.227. The molecule has 1 aliphatic heterocycles. The van der Waals surface area contributed by atoms with Gasteiger partial charge in [0.15, 0.2) is 5.82 Å². The number of anilines is 2. The maximum atomic E-state index is 12.7. The molecule has 0 atom stereocenters. The predicted molar refractivity (Wildman–Crippen MR) is 131 cm³/mol. The van der Waals surface area contributed by atoms with Crippen LogP contribution in [0.1, 0.15) is 24.0 Å². The summed E-state index contributed by atoms with van der Waals surface area (Å²) in [7, 11) is 4.14. The SMILES string of the molecule is CN(C)Cc1ccc(-c2ccccc2CNC(=O)Nc2cccnc2N2CCCC2)cc1. The van der Waals surface area contributed by atoms with Crippen LogP contribution in [0.3, 0.4) is 0 Å². The molecule has 0 bridgehead atoms. The molecule has 0 aliphatic carbocycles. The maximum absolute atomic E-state index is 12.7. The lowest BCUT2D eigenvalue weighted by Gasteiger charge is -2.20. The minimum Gasteiger partial charge on any atom is -0.355 e. The Hall–Kier alpha value is -3.38. The minimum absolute atomic E-state index is 0.227. The molecule has 166 valence electrons.